The first-order valence-electron chi connectivity index (χ1n) is 39.7. The summed E-state index contributed by atoms with van der Waals surface area (Å²) in [5, 5.41) is 0. The van der Waals surface area contributed by atoms with Gasteiger partial charge in [-0.05, 0) is 210 Å². The van der Waals surface area contributed by atoms with E-state index in [1.807, 2.05) is 36.4 Å². The lowest BCUT2D eigenvalue weighted by atomic mass is 9.70. The number of nitrogens with zero attached hydrogens (tertiary/aromatic N) is 6. The molecule has 2 heterocycles. The maximum absolute atomic E-state index is 5.48. The van der Waals surface area contributed by atoms with E-state index in [0.29, 0.717) is 34.9 Å². The summed E-state index contributed by atoms with van der Waals surface area (Å²) in [4.78, 5) is 31.6. The summed E-state index contributed by atoms with van der Waals surface area (Å²) in [7, 11) is 0. The van der Waals surface area contributed by atoms with Crippen LogP contribution in [0.5, 0.6) is 0 Å². The smallest absolute Gasteiger partial charge is 0.164 e. The highest BCUT2D eigenvalue weighted by molar-refractivity contribution is 5.99. The molecule has 0 fully saturated rings. The van der Waals surface area contributed by atoms with Crippen molar-refractivity contribution in [2.45, 2.75) is 43.9 Å². The van der Waals surface area contributed by atoms with E-state index in [9.17, 15) is 0 Å². The molecule has 16 aromatic carbocycles. The third kappa shape index (κ3) is 10.9. The van der Waals surface area contributed by atoms with Crippen LogP contribution in [0.15, 0.2) is 376 Å². The highest BCUT2D eigenvalue weighted by atomic mass is 15.0. The number of rotatable bonds is 12. The van der Waals surface area contributed by atoms with Crippen molar-refractivity contribution in [2.75, 3.05) is 0 Å². The normalized spacial score (nSPS) is 14.4. The van der Waals surface area contributed by atoms with Crippen molar-refractivity contribution in [1.82, 2.24) is 29.9 Å². The molecule has 115 heavy (non-hydrogen) atoms. The molecule has 0 saturated carbocycles. The molecule has 22 rings (SSSR count). The molecular weight excluding hydrogens is 1390 g/mol. The summed E-state index contributed by atoms with van der Waals surface area (Å²) in [5.41, 5.74) is 38.6. The fraction of sp³-hybridized carbons (Fsp3) is 0.0642. The number of fused-ring (bicyclic) bond motifs is 16. The van der Waals surface area contributed by atoms with E-state index in [2.05, 4.69) is 367 Å². The van der Waals surface area contributed by atoms with Gasteiger partial charge in [0.2, 0.25) is 0 Å². The van der Waals surface area contributed by atoms with Gasteiger partial charge < -0.3 is 0 Å². The molecule has 4 aliphatic rings. The second-order valence-corrected chi connectivity index (χ2v) is 32.0. The first kappa shape index (κ1) is 67.4. The van der Waals surface area contributed by atoms with Crippen LogP contribution in [-0.4, -0.2) is 29.9 Å². The van der Waals surface area contributed by atoms with Crippen LogP contribution < -0.4 is 0 Å². The van der Waals surface area contributed by atoms with Gasteiger partial charge in [-0.3, -0.25) is 0 Å². The Balaban J connectivity index is 0.616. The van der Waals surface area contributed by atoms with E-state index in [4.69, 9.17) is 29.9 Å². The molecule has 1 atom stereocenters. The highest BCUT2D eigenvalue weighted by Crippen LogP contribution is 2.64. The van der Waals surface area contributed by atoms with Gasteiger partial charge in [0.15, 0.2) is 34.9 Å². The molecule has 540 valence electrons. The Morgan fingerprint density at radius 3 is 0.783 bits per heavy atom. The Kier molecular flexibility index (Phi) is 15.4. The van der Waals surface area contributed by atoms with Gasteiger partial charge in [-0.2, -0.15) is 0 Å². The number of benzene rings is 16. The zero-order valence-electron chi connectivity index (χ0n) is 64.0. The van der Waals surface area contributed by atoms with Crippen LogP contribution in [0.25, 0.3) is 180 Å². The van der Waals surface area contributed by atoms with Crippen LogP contribution in [-0.2, 0) is 16.2 Å². The number of hydrogen-bond donors (Lipinski definition) is 0. The zero-order chi connectivity index (χ0) is 76.7. The molecule has 0 saturated heterocycles. The third-order valence-electron chi connectivity index (χ3n) is 24.8. The van der Waals surface area contributed by atoms with E-state index in [1.54, 1.807) is 0 Å². The van der Waals surface area contributed by atoms with Gasteiger partial charge in [-0.25, -0.2) is 29.9 Å². The van der Waals surface area contributed by atoms with E-state index in [0.717, 1.165) is 89.0 Å². The van der Waals surface area contributed by atoms with Crippen molar-refractivity contribution in [2.24, 2.45) is 0 Å². The number of aromatic nitrogens is 6. The summed E-state index contributed by atoms with van der Waals surface area (Å²) < 4.78 is 0. The van der Waals surface area contributed by atoms with Crippen LogP contribution in [0.4, 0.5) is 0 Å². The van der Waals surface area contributed by atoms with Gasteiger partial charge in [0.05, 0.1) is 5.41 Å². The third-order valence-corrected chi connectivity index (χ3v) is 24.8. The average Bonchev–Trinajstić information content (AvgIpc) is 1.51. The van der Waals surface area contributed by atoms with Crippen molar-refractivity contribution in [3.05, 3.63) is 421 Å². The molecule has 18 aromatic rings. The molecule has 6 heteroatoms. The molecule has 4 aliphatic carbocycles. The van der Waals surface area contributed by atoms with E-state index in [-0.39, 0.29) is 10.8 Å². The number of hydrogen-bond acceptors (Lipinski definition) is 6. The Morgan fingerprint density at radius 2 is 0.357 bits per heavy atom. The monoisotopic (exact) mass is 1470 g/mol. The largest absolute Gasteiger partial charge is 0.208 e. The zero-order valence-corrected chi connectivity index (χ0v) is 64.0. The predicted octanol–water partition coefficient (Wildman–Crippen LogP) is 27.0. The van der Waals surface area contributed by atoms with Crippen LogP contribution in [0.2, 0.25) is 0 Å². The van der Waals surface area contributed by atoms with Gasteiger partial charge in [-0.15, -0.1) is 0 Å². The molecule has 6 nitrogen and oxygen atoms in total. The van der Waals surface area contributed by atoms with Gasteiger partial charge in [0.1, 0.15) is 0 Å². The molecule has 0 bridgehead atoms. The summed E-state index contributed by atoms with van der Waals surface area (Å²) in [5.74, 6) is 3.71. The second-order valence-electron chi connectivity index (χ2n) is 32.0. The van der Waals surface area contributed by atoms with Gasteiger partial charge in [0, 0.05) is 44.2 Å². The van der Waals surface area contributed by atoms with Crippen molar-refractivity contribution < 1.29 is 0 Å². The topological polar surface area (TPSA) is 77.3 Å². The Bertz CT molecular complexity index is 6970. The molecule has 0 aliphatic heterocycles. The summed E-state index contributed by atoms with van der Waals surface area (Å²) in [6.45, 7) is 9.44. The maximum Gasteiger partial charge on any atom is 0.164 e. The van der Waals surface area contributed by atoms with Gasteiger partial charge >= 0.3 is 0 Å². The minimum atomic E-state index is -0.623. The fourth-order valence-electron chi connectivity index (χ4n) is 19.1. The fourth-order valence-corrected chi connectivity index (χ4v) is 19.1. The second kappa shape index (κ2) is 26.3. The molecule has 1 spiro atoms. The van der Waals surface area contributed by atoms with E-state index in [1.165, 1.54) is 100 Å². The lowest BCUT2D eigenvalue weighted by molar-refractivity contribution is 0.659. The Hall–Kier alpha value is -14.5. The van der Waals surface area contributed by atoms with Crippen molar-refractivity contribution in [3.8, 4) is 180 Å². The minimum Gasteiger partial charge on any atom is -0.208 e. The van der Waals surface area contributed by atoms with Crippen LogP contribution in [0.3, 0.4) is 0 Å². The predicted molar refractivity (Wildman–Crippen MR) is 470 cm³/mol. The molecule has 1 unspecified atom stereocenters. The SMILES string of the molecule is CC1(C)c2ccccc2-c2ccc(-c3ccc4c(c3)C(C)(C)c3cc(-c5nc(-c6cccc(-c7ccccc7)c6)nc(-c6cccc(-c7cccc(-c8ccc9c(c8)C8(c%10ccccc%10-9)c9ccccc9-c9ccc(-c%10ccccc%10-c%10cccc(-c%11nc(-c%12ccccc%12)nc(-c%12ccccc%12)n%11)c%10)cc98)c7)c6)n5)ccc3-4)cc21. The first-order chi connectivity index (χ1) is 56.5. The lowest BCUT2D eigenvalue weighted by Gasteiger charge is -2.31. The Labute approximate surface area is 669 Å². The molecule has 0 N–H and O–H groups in total. The molecular formula is C109H74N6. The average molecular weight is 1470 g/mol. The first-order valence-corrected chi connectivity index (χ1v) is 39.7. The molecule has 0 radical (unpaired) electrons. The van der Waals surface area contributed by atoms with Crippen LogP contribution >= 0.6 is 0 Å². The van der Waals surface area contributed by atoms with E-state index >= 15 is 0 Å². The van der Waals surface area contributed by atoms with E-state index < -0.39 is 5.41 Å². The van der Waals surface area contributed by atoms with Crippen molar-refractivity contribution >= 4 is 0 Å². The highest BCUT2D eigenvalue weighted by Gasteiger charge is 2.52. The van der Waals surface area contributed by atoms with Gasteiger partial charge in [0.25, 0.3) is 0 Å². The molecule has 2 aromatic heterocycles. The van der Waals surface area contributed by atoms with Crippen molar-refractivity contribution in [1.29, 1.82) is 0 Å². The van der Waals surface area contributed by atoms with Crippen LogP contribution in [0.1, 0.15) is 72.2 Å². The summed E-state index contributed by atoms with van der Waals surface area (Å²) in [6.07, 6.45) is 0. The Morgan fingerprint density at radius 1 is 0.139 bits per heavy atom. The van der Waals surface area contributed by atoms with Crippen LogP contribution in [0, 0.1) is 0 Å². The lowest BCUT2D eigenvalue weighted by Crippen LogP contribution is -2.26. The quantitative estimate of drug-likeness (QED) is 0.121. The summed E-state index contributed by atoms with van der Waals surface area (Å²) >= 11 is 0. The summed E-state index contributed by atoms with van der Waals surface area (Å²) in [6, 6.07) is 137. The standard InChI is InChI=1S/C109H74N6/c1-107(2)93-45-19-16-42-85(93)88-53-48-74(62-96(88)107)75-49-54-89-90-57-52-82(66-98(90)108(3,4)97(89)63-75)106-114-103(79-37-23-32-70(59-79)67-26-8-5-9-27-67)113-104(115-106)80-38-24-35-73(60-80)71-33-22-34-72(58-71)76-50-55-91-86-43-17-20-46-94(86)109(99(91)64-76)95-47-21-18-44-87(95)92-56-51-78(65-100(92)109)84-41-15-14-40-83(84)77-36-25-39-81(61-77)105-111-101(68-28-10-6-11-29-68)110-102(112-105)69-30-12-7-13-31-69/h5-66H,1-4H3. The maximum atomic E-state index is 5.48. The van der Waals surface area contributed by atoms with Gasteiger partial charge in [-0.1, -0.05) is 349 Å². The minimum absolute atomic E-state index is 0.0886. The van der Waals surface area contributed by atoms with Crippen molar-refractivity contribution in [3.63, 3.8) is 0 Å². The molecule has 0 amide bonds.